The van der Waals surface area contributed by atoms with Crippen LogP contribution in [-0.2, 0) is 0 Å². The SMILES string of the molecule is CC(C)c1cccc(C(C)C)c1-n1ccnc1-n1c2ccccc2c2ccc(Oc3cccc(N(c4ccccc4)c4ccccn4)c3)cc21. The highest BCUT2D eigenvalue weighted by molar-refractivity contribution is 6.09. The first kappa shape index (κ1) is 31.1. The Morgan fingerprint density at radius 3 is 2.00 bits per heavy atom. The van der Waals surface area contributed by atoms with E-state index in [1.165, 1.54) is 22.2 Å². The first-order chi connectivity index (χ1) is 24.5. The van der Waals surface area contributed by atoms with Crippen molar-refractivity contribution in [2.75, 3.05) is 4.90 Å². The summed E-state index contributed by atoms with van der Waals surface area (Å²) in [4.78, 5) is 11.8. The molecule has 6 heteroatoms. The molecule has 0 N–H and O–H groups in total. The number of hydrogen-bond donors (Lipinski definition) is 0. The maximum Gasteiger partial charge on any atom is 0.219 e. The predicted octanol–water partition coefficient (Wildman–Crippen LogP) is 11.9. The molecule has 5 aromatic carbocycles. The second-order valence-electron chi connectivity index (χ2n) is 13.2. The molecule has 8 aromatic rings. The fourth-order valence-electron chi connectivity index (χ4n) is 6.95. The van der Waals surface area contributed by atoms with Crippen LogP contribution < -0.4 is 9.64 Å². The van der Waals surface area contributed by atoms with Crippen LogP contribution in [0.1, 0.15) is 50.7 Å². The van der Waals surface area contributed by atoms with Crippen LogP contribution in [0.3, 0.4) is 0 Å². The number of ether oxygens (including phenoxy) is 1. The highest BCUT2D eigenvalue weighted by atomic mass is 16.5. The first-order valence-electron chi connectivity index (χ1n) is 17.2. The zero-order chi connectivity index (χ0) is 34.2. The van der Waals surface area contributed by atoms with Crippen LogP contribution in [0.15, 0.2) is 152 Å². The van der Waals surface area contributed by atoms with Gasteiger partial charge in [-0.25, -0.2) is 9.97 Å². The minimum absolute atomic E-state index is 0.350. The number of benzene rings is 5. The van der Waals surface area contributed by atoms with E-state index in [0.717, 1.165) is 51.1 Å². The van der Waals surface area contributed by atoms with Crippen LogP contribution in [0.25, 0.3) is 33.4 Å². The number of fused-ring (bicyclic) bond motifs is 3. The summed E-state index contributed by atoms with van der Waals surface area (Å²) < 4.78 is 11.2. The zero-order valence-electron chi connectivity index (χ0n) is 28.7. The van der Waals surface area contributed by atoms with Crippen molar-refractivity contribution < 1.29 is 4.74 Å². The van der Waals surface area contributed by atoms with Crippen LogP contribution in [-0.4, -0.2) is 19.1 Å². The van der Waals surface area contributed by atoms with Gasteiger partial charge in [-0.1, -0.05) is 94.4 Å². The summed E-state index contributed by atoms with van der Waals surface area (Å²) in [6.45, 7) is 9.03. The van der Waals surface area contributed by atoms with Gasteiger partial charge in [-0.15, -0.1) is 0 Å². The molecule has 0 aliphatic carbocycles. The fourth-order valence-corrected chi connectivity index (χ4v) is 6.95. The summed E-state index contributed by atoms with van der Waals surface area (Å²) in [7, 11) is 0. The van der Waals surface area contributed by atoms with Gasteiger partial charge in [0.05, 0.1) is 22.4 Å². The zero-order valence-corrected chi connectivity index (χ0v) is 28.7. The van der Waals surface area contributed by atoms with Crippen LogP contribution in [0.4, 0.5) is 17.2 Å². The standard InChI is InChI=1S/C44H39N5O/c1-30(2)36-19-13-20-37(31(3)4)43(36)47-27-26-46-44(47)49-40-21-9-8-18-38(40)39-24-23-35(29-41(39)49)50-34-17-12-16-33(28-34)48(32-14-6-5-7-15-32)42-22-10-11-25-45-42/h5-31H,1-4H3. The maximum atomic E-state index is 6.65. The quantitative estimate of drug-likeness (QED) is 0.156. The van der Waals surface area contributed by atoms with Crippen molar-refractivity contribution in [1.82, 2.24) is 19.1 Å². The number of pyridine rings is 1. The molecular weight excluding hydrogens is 615 g/mol. The third-order valence-electron chi connectivity index (χ3n) is 9.25. The maximum absolute atomic E-state index is 6.65. The molecule has 0 aliphatic heterocycles. The lowest BCUT2D eigenvalue weighted by Gasteiger charge is -2.24. The van der Waals surface area contributed by atoms with Crippen molar-refractivity contribution >= 4 is 39.0 Å². The minimum atomic E-state index is 0.350. The molecule has 6 nitrogen and oxygen atoms in total. The van der Waals surface area contributed by atoms with Crippen molar-refractivity contribution in [2.45, 2.75) is 39.5 Å². The summed E-state index contributed by atoms with van der Waals surface area (Å²) in [5.41, 5.74) is 7.90. The lowest BCUT2D eigenvalue weighted by Crippen LogP contribution is -2.11. The van der Waals surface area contributed by atoms with E-state index in [-0.39, 0.29) is 0 Å². The monoisotopic (exact) mass is 653 g/mol. The molecule has 0 aliphatic rings. The average Bonchev–Trinajstić information content (AvgIpc) is 3.74. The molecule has 0 atom stereocenters. The predicted molar refractivity (Wildman–Crippen MR) is 205 cm³/mol. The van der Waals surface area contributed by atoms with Crippen molar-refractivity contribution in [3.63, 3.8) is 0 Å². The van der Waals surface area contributed by atoms with E-state index in [1.54, 1.807) is 0 Å². The Labute approximate surface area is 292 Å². The van der Waals surface area contributed by atoms with Gasteiger partial charge in [-0.2, -0.15) is 0 Å². The van der Waals surface area contributed by atoms with Gasteiger partial charge in [0.1, 0.15) is 17.3 Å². The van der Waals surface area contributed by atoms with Gasteiger partial charge in [-0.05, 0) is 77.6 Å². The highest BCUT2D eigenvalue weighted by Gasteiger charge is 2.22. The van der Waals surface area contributed by atoms with E-state index in [2.05, 4.69) is 138 Å². The Balaban J connectivity index is 1.25. The van der Waals surface area contributed by atoms with Crippen LogP contribution >= 0.6 is 0 Å². The molecule has 50 heavy (non-hydrogen) atoms. The number of imidazole rings is 1. The molecular formula is C44H39N5O. The second kappa shape index (κ2) is 13.1. The molecule has 0 spiro atoms. The van der Waals surface area contributed by atoms with Crippen molar-refractivity contribution in [1.29, 1.82) is 0 Å². The van der Waals surface area contributed by atoms with Gasteiger partial charge >= 0.3 is 0 Å². The average molecular weight is 654 g/mol. The van der Waals surface area contributed by atoms with Gasteiger partial charge in [0, 0.05) is 47.2 Å². The van der Waals surface area contributed by atoms with Gasteiger partial charge in [0.15, 0.2) is 0 Å². The first-order valence-corrected chi connectivity index (χ1v) is 17.2. The van der Waals surface area contributed by atoms with Crippen molar-refractivity contribution in [3.8, 4) is 23.1 Å². The van der Waals surface area contributed by atoms with Gasteiger partial charge in [-0.3, -0.25) is 14.0 Å². The molecule has 0 fully saturated rings. The van der Waals surface area contributed by atoms with Crippen molar-refractivity contribution in [3.05, 3.63) is 163 Å². The fraction of sp³-hybridized carbons (Fsp3) is 0.136. The Morgan fingerprint density at radius 2 is 1.24 bits per heavy atom. The molecule has 3 heterocycles. The van der Waals surface area contributed by atoms with E-state index in [1.807, 2.05) is 60.9 Å². The number of anilines is 3. The highest BCUT2D eigenvalue weighted by Crippen LogP contribution is 2.39. The third kappa shape index (κ3) is 5.59. The number of hydrogen-bond acceptors (Lipinski definition) is 4. The third-order valence-corrected chi connectivity index (χ3v) is 9.25. The summed E-state index contributed by atoms with van der Waals surface area (Å²) in [6.07, 6.45) is 5.81. The molecule has 246 valence electrons. The number of aromatic nitrogens is 4. The van der Waals surface area contributed by atoms with Crippen molar-refractivity contribution in [2.24, 2.45) is 0 Å². The molecule has 0 unspecified atom stereocenters. The van der Waals surface area contributed by atoms with Gasteiger partial charge < -0.3 is 4.74 Å². The largest absolute Gasteiger partial charge is 0.457 e. The number of rotatable bonds is 9. The van der Waals surface area contributed by atoms with E-state index in [4.69, 9.17) is 9.72 Å². The van der Waals surface area contributed by atoms with Crippen LogP contribution in [0.5, 0.6) is 11.5 Å². The summed E-state index contributed by atoms with van der Waals surface area (Å²) in [6, 6.07) is 45.9. The Bertz CT molecular complexity index is 2360. The number of nitrogens with zero attached hydrogens (tertiary/aromatic N) is 5. The molecule has 3 aromatic heterocycles. The molecule has 0 amide bonds. The summed E-state index contributed by atoms with van der Waals surface area (Å²) in [5.74, 6) is 3.85. The Kier molecular flexibility index (Phi) is 8.13. The number of para-hydroxylation sites is 3. The van der Waals surface area contributed by atoms with E-state index < -0.39 is 0 Å². The lowest BCUT2D eigenvalue weighted by atomic mass is 9.92. The molecule has 0 bridgehead atoms. The Hall–Kier alpha value is -6.14. The van der Waals surface area contributed by atoms with Gasteiger partial charge in [0.2, 0.25) is 5.95 Å². The molecule has 8 rings (SSSR count). The molecule has 0 saturated carbocycles. The van der Waals surface area contributed by atoms with Gasteiger partial charge in [0.25, 0.3) is 0 Å². The molecule has 0 radical (unpaired) electrons. The van der Waals surface area contributed by atoms with Crippen LogP contribution in [0, 0.1) is 0 Å². The van der Waals surface area contributed by atoms with E-state index >= 15 is 0 Å². The normalized spacial score (nSPS) is 11.6. The Morgan fingerprint density at radius 1 is 0.560 bits per heavy atom. The van der Waals surface area contributed by atoms with E-state index in [9.17, 15) is 0 Å². The van der Waals surface area contributed by atoms with E-state index in [0.29, 0.717) is 11.8 Å². The smallest absolute Gasteiger partial charge is 0.219 e. The summed E-state index contributed by atoms with van der Waals surface area (Å²) in [5, 5.41) is 2.31. The minimum Gasteiger partial charge on any atom is -0.457 e. The topological polar surface area (TPSA) is 48.1 Å². The van der Waals surface area contributed by atoms with Crippen LogP contribution in [0.2, 0.25) is 0 Å². The molecule has 0 saturated heterocycles. The lowest BCUT2D eigenvalue weighted by molar-refractivity contribution is 0.483. The summed E-state index contributed by atoms with van der Waals surface area (Å²) >= 11 is 0. The second-order valence-corrected chi connectivity index (χ2v) is 13.2.